The molecule has 6 heteroatoms. The third-order valence-electron chi connectivity index (χ3n) is 4.56. The Hall–Kier alpha value is -3.41. The van der Waals surface area contributed by atoms with E-state index in [1.54, 1.807) is 20.4 Å². The Morgan fingerprint density at radius 1 is 0.926 bits per heavy atom. The number of nitrogens with zero attached hydrogens (tertiary/aromatic N) is 4. The van der Waals surface area contributed by atoms with Crippen LogP contribution in [0.2, 0.25) is 0 Å². The molecule has 6 nitrogen and oxygen atoms in total. The number of aryl methyl sites for hydroxylation is 2. The van der Waals surface area contributed by atoms with Gasteiger partial charge in [-0.05, 0) is 55.8 Å². The molecule has 0 spiro atoms. The van der Waals surface area contributed by atoms with Gasteiger partial charge in [-0.1, -0.05) is 6.07 Å². The maximum Gasteiger partial charge on any atom is 0.161 e. The molecule has 4 rings (SSSR count). The Kier molecular flexibility index (Phi) is 4.24. The van der Waals surface area contributed by atoms with Crippen molar-refractivity contribution in [3.8, 4) is 34.1 Å². The van der Waals surface area contributed by atoms with Gasteiger partial charge in [0, 0.05) is 11.8 Å². The number of imidazole rings is 1. The molecule has 0 atom stereocenters. The van der Waals surface area contributed by atoms with Crippen molar-refractivity contribution < 1.29 is 9.47 Å². The lowest BCUT2D eigenvalue weighted by molar-refractivity contribution is 0.355. The van der Waals surface area contributed by atoms with Crippen LogP contribution < -0.4 is 9.47 Å². The molecule has 1 aromatic carbocycles. The molecule has 0 saturated carbocycles. The van der Waals surface area contributed by atoms with Gasteiger partial charge in [-0.3, -0.25) is 4.98 Å². The Labute approximate surface area is 157 Å². The standard InChI is InChI=1S/C21H20N4O2/c1-13-6-5-11-22-20(13)21-14(2)23-19-10-8-16(24-25(19)21)15-7-9-17(26-3)18(12-15)27-4/h5-12H,1-4H3. The molecule has 0 unspecified atom stereocenters. The van der Waals surface area contributed by atoms with Crippen molar-refractivity contribution in [2.75, 3.05) is 14.2 Å². The van der Waals surface area contributed by atoms with Crippen LogP contribution >= 0.6 is 0 Å². The Morgan fingerprint density at radius 3 is 2.48 bits per heavy atom. The minimum absolute atomic E-state index is 0.666. The lowest BCUT2D eigenvalue weighted by atomic mass is 10.1. The van der Waals surface area contributed by atoms with E-state index in [0.717, 1.165) is 39.5 Å². The number of fused-ring (bicyclic) bond motifs is 1. The largest absolute Gasteiger partial charge is 0.493 e. The van der Waals surface area contributed by atoms with Gasteiger partial charge in [0.05, 0.1) is 31.3 Å². The van der Waals surface area contributed by atoms with E-state index in [-0.39, 0.29) is 0 Å². The molecule has 0 aliphatic heterocycles. The predicted octanol–water partition coefficient (Wildman–Crippen LogP) is 4.09. The topological polar surface area (TPSA) is 61.5 Å². The molecule has 0 aliphatic carbocycles. The Balaban J connectivity index is 1.90. The molecule has 136 valence electrons. The van der Waals surface area contributed by atoms with Gasteiger partial charge in [-0.2, -0.15) is 5.10 Å². The number of pyridine rings is 1. The second-order valence-electron chi connectivity index (χ2n) is 6.27. The lowest BCUT2D eigenvalue weighted by Gasteiger charge is -2.10. The average Bonchev–Trinajstić information content (AvgIpc) is 3.02. The normalized spacial score (nSPS) is 11.0. The maximum absolute atomic E-state index is 5.42. The molecule has 0 aliphatic rings. The highest BCUT2D eigenvalue weighted by molar-refractivity contribution is 5.69. The van der Waals surface area contributed by atoms with E-state index in [4.69, 9.17) is 14.6 Å². The van der Waals surface area contributed by atoms with Crippen LogP contribution in [0.1, 0.15) is 11.3 Å². The number of methoxy groups -OCH3 is 2. The van der Waals surface area contributed by atoms with Crippen molar-refractivity contribution in [1.29, 1.82) is 0 Å². The summed E-state index contributed by atoms with van der Waals surface area (Å²) in [5.41, 5.74) is 6.32. The summed E-state index contributed by atoms with van der Waals surface area (Å²) in [5.74, 6) is 1.35. The van der Waals surface area contributed by atoms with Crippen molar-refractivity contribution in [1.82, 2.24) is 19.6 Å². The van der Waals surface area contributed by atoms with Crippen molar-refractivity contribution >= 4 is 5.65 Å². The van der Waals surface area contributed by atoms with Gasteiger partial charge < -0.3 is 9.47 Å². The quantitative estimate of drug-likeness (QED) is 0.548. The van der Waals surface area contributed by atoms with E-state index in [0.29, 0.717) is 11.5 Å². The van der Waals surface area contributed by atoms with E-state index >= 15 is 0 Å². The molecule has 3 heterocycles. The second-order valence-corrected chi connectivity index (χ2v) is 6.27. The first kappa shape index (κ1) is 17.0. The number of benzene rings is 1. The summed E-state index contributed by atoms with van der Waals surface area (Å²) in [6, 6.07) is 13.7. The van der Waals surface area contributed by atoms with Crippen molar-refractivity contribution in [2.45, 2.75) is 13.8 Å². The van der Waals surface area contributed by atoms with Gasteiger partial charge in [0.15, 0.2) is 17.1 Å². The number of aromatic nitrogens is 4. The van der Waals surface area contributed by atoms with Gasteiger partial charge >= 0.3 is 0 Å². The summed E-state index contributed by atoms with van der Waals surface area (Å²) in [5, 5.41) is 4.83. The van der Waals surface area contributed by atoms with Gasteiger partial charge in [0.1, 0.15) is 5.69 Å². The lowest BCUT2D eigenvalue weighted by Crippen LogP contribution is -2.00. The highest BCUT2D eigenvalue weighted by Crippen LogP contribution is 2.32. The molecule has 0 fully saturated rings. The number of hydrogen-bond acceptors (Lipinski definition) is 5. The van der Waals surface area contributed by atoms with Crippen LogP contribution in [0.25, 0.3) is 28.3 Å². The fourth-order valence-electron chi connectivity index (χ4n) is 3.20. The van der Waals surface area contributed by atoms with Gasteiger partial charge in [0.2, 0.25) is 0 Å². The zero-order valence-corrected chi connectivity index (χ0v) is 15.7. The van der Waals surface area contributed by atoms with Crippen LogP contribution in [-0.4, -0.2) is 33.8 Å². The maximum atomic E-state index is 5.42. The SMILES string of the molecule is COc1ccc(-c2ccc3nc(C)c(-c4ncccc4C)n3n2)cc1OC. The third-order valence-corrected chi connectivity index (χ3v) is 4.56. The minimum Gasteiger partial charge on any atom is -0.493 e. The highest BCUT2D eigenvalue weighted by atomic mass is 16.5. The van der Waals surface area contributed by atoms with Crippen LogP contribution in [0, 0.1) is 13.8 Å². The zero-order chi connectivity index (χ0) is 19.0. The molecule has 27 heavy (non-hydrogen) atoms. The smallest absolute Gasteiger partial charge is 0.161 e. The molecular weight excluding hydrogens is 340 g/mol. The van der Waals surface area contributed by atoms with Gasteiger partial charge in [0.25, 0.3) is 0 Å². The molecule has 0 saturated heterocycles. The summed E-state index contributed by atoms with van der Waals surface area (Å²) in [6.07, 6.45) is 1.79. The van der Waals surface area contributed by atoms with Crippen LogP contribution in [0.5, 0.6) is 11.5 Å². The first-order valence-corrected chi connectivity index (χ1v) is 8.63. The number of rotatable bonds is 4. The van der Waals surface area contributed by atoms with Gasteiger partial charge in [-0.15, -0.1) is 0 Å². The summed E-state index contributed by atoms with van der Waals surface area (Å²) in [6.45, 7) is 4.02. The number of hydrogen-bond donors (Lipinski definition) is 0. The Bertz CT molecular complexity index is 1130. The van der Waals surface area contributed by atoms with Crippen LogP contribution in [0.4, 0.5) is 0 Å². The van der Waals surface area contributed by atoms with Crippen molar-refractivity contribution in [2.24, 2.45) is 0 Å². The summed E-state index contributed by atoms with van der Waals surface area (Å²) in [4.78, 5) is 9.19. The zero-order valence-electron chi connectivity index (χ0n) is 15.7. The molecular formula is C21H20N4O2. The number of ether oxygens (including phenoxy) is 2. The van der Waals surface area contributed by atoms with E-state index < -0.39 is 0 Å². The highest BCUT2D eigenvalue weighted by Gasteiger charge is 2.16. The van der Waals surface area contributed by atoms with E-state index in [9.17, 15) is 0 Å². The summed E-state index contributed by atoms with van der Waals surface area (Å²) >= 11 is 0. The molecule has 0 radical (unpaired) electrons. The summed E-state index contributed by atoms with van der Waals surface area (Å²) in [7, 11) is 3.25. The molecule has 4 aromatic rings. The van der Waals surface area contributed by atoms with Crippen molar-refractivity contribution in [3.63, 3.8) is 0 Å². The molecule has 0 N–H and O–H groups in total. The molecule has 3 aromatic heterocycles. The Morgan fingerprint density at radius 2 is 1.74 bits per heavy atom. The average molecular weight is 360 g/mol. The van der Waals surface area contributed by atoms with E-state index in [1.807, 2.05) is 60.8 Å². The van der Waals surface area contributed by atoms with Crippen molar-refractivity contribution in [3.05, 3.63) is 59.9 Å². The molecule has 0 bridgehead atoms. The fourth-order valence-corrected chi connectivity index (χ4v) is 3.20. The predicted molar refractivity (Wildman–Crippen MR) is 104 cm³/mol. The second kappa shape index (κ2) is 6.72. The van der Waals surface area contributed by atoms with Gasteiger partial charge in [-0.25, -0.2) is 9.50 Å². The summed E-state index contributed by atoms with van der Waals surface area (Å²) < 4.78 is 12.6. The van der Waals surface area contributed by atoms with Crippen LogP contribution in [0.3, 0.4) is 0 Å². The van der Waals surface area contributed by atoms with Crippen LogP contribution in [0.15, 0.2) is 48.7 Å². The van der Waals surface area contributed by atoms with Crippen LogP contribution in [-0.2, 0) is 0 Å². The third kappa shape index (κ3) is 2.89. The van der Waals surface area contributed by atoms with E-state index in [2.05, 4.69) is 9.97 Å². The minimum atomic E-state index is 0.666. The fraction of sp³-hybridized carbons (Fsp3) is 0.190. The first-order valence-electron chi connectivity index (χ1n) is 8.63. The van der Waals surface area contributed by atoms with E-state index in [1.165, 1.54) is 0 Å². The monoisotopic (exact) mass is 360 g/mol. The molecule has 0 amide bonds. The first-order chi connectivity index (χ1) is 13.1.